The Labute approximate surface area is 126 Å². The van der Waals surface area contributed by atoms with E-state index in [1.807, 2.05) is 24.5 Å². The highest BCUT2D eigenvalue weighted by Crippen LogP contribution is 2.21. The van der Waals surface area contributed by atoms with Crippen molar-refractivity contribution in [3.05, 3.63) is 46.2 Å². The van der Waals surface area contributed by atoms with Gasteiger partial charge < -0.3 is 5.32 Å². The van der Waals surface area contributed by atoms with E-state index in [2.05, 4.69) is 15.3 Å². The zero-order valence-corrected chi connectivity index (χ0v) is 12.7. The molecule has 0 bridgehead atoms. The third-order valence-electron chi connectivity index (χ3n) is 2.57. The average Bonchev–Trinajstić information content (AvgIpc) is 2.41. The van der Waals surface area contributed by atoms with E-state index in [1.54, 1.807) is 24.2 Å². The van der Waals surface area contributed by atoms with Gasteiger partial charge in [-0.3, -0.25) is 0 Å². The van der Waals surface area contributed by atoms with E-state index in [0.29, 0.717) is 10.0 Å². The zero-order valence-electron chi connectivity index (χ0n) is 10.4. The minimum Gasteiger partial charge on any atom is -0.370 e. The zero-order chi connectivity index (χ0) is 13.7. The van der Waals surface area contributed by atoms with Gasteiger partial charge in [-0.25, -0.2) is 9.97 Å². The maximum atomic E-state index is 6.12. The molecule has 0 aliphatic carbocycles. The van der Waals surface area contributed by atoms with Crippen molar-refractivity contribution in [3.8, 4) is 0 Å². The van der Waals surface area contributed by atoms with Gasteiger partial charge in [-0.2, -0.15) is 0 Å². The molecular formula is C13H13Cl2N3S. The number of aromatic nitrogens is 2. The van der Waals surface area contributed by atoms with Crippen LogP contribution in [0, 0.1) is 0 Å². The summed E-state index contributed by atoms with van der Waals surface area (Å²) >= 11 is 13.6. The maximum Gasteiger partial charge on any atom is 0.130 e. The largest absolute Gasteiger partial charge is 0.370 e. The van der Waals surface area contributed by atoms with Crippen LogP contribution in [0.3, 0.4) is 0 Å². The first kappa shape index (κ1) is 14.4. The van der Waals surface area contributed by atoms with Crippen molar-refractivity contribution in [3.63, 3.8) is 0 Å². The van der Waals surface area contributed by atoms with Crippen LogP contribution in [0.25, 0.3) is 0 Å². The van der Waals surface area contributed by atoms with Crippen molar-refractivity contribution < 1.29 is 0 Å². The molecule has 100 valence electrons. The molecule has 1 heterocycles. The number of rotatable bonds is 5. The van der Waals surface area contributed by atoms with E-state index in [4.69, 9.17) is 23.2 Å². The predicted molar refractivity (Wildman–Crippen MR) is 82.5 cm³/mol. The van der Waals surface area contributed by atoms with Crippen LogP contribution in [0.2, 0.25) is 10.0 Å². The lowest BCUT2D eigenvalue weighted by atomic mass is 10.1. The molecular weight excluding hydrogens is 301 g/mol. The van der Waals surface area contributed by atoms with Gasteiger partial charge in [-0.05, 0) is 30.4 Å². The van der Waals surface area contributed by atoms with Gasteiger partial charge in [-0.1, -0.05) is 29.3 Å². The van der Waals surface area contributed by atoms with E-state index in [1.165, 1.54) is 0 Å². The lowest BCUT2D eigenvalue weighted by Crippen LogP contribution is -2.06. The predicted octanol–water partition coefficient (Wildman–Crippen LogP) is 4.16. The summed E-state index contributed by atoms with van der Waals surface area (Å²) in [5, 5.41) is 5.55. The van der Waals surface area contributed by atoms with Crippen molar-refractivity contribution in [2.75, 3.05) is 18.1 Å². The van der Waals surface area contributed by atoms with Gasteiger partial charge in [0.2, 0.25) is 0 Å². The minimum atomic E-state index is 0.655. The molecule has 0 spiro atoms. The molecule has 0 aliphatic rings. The van der Waals surface area contributed by atoms with E-state index in [0.717, 1.165) is 29.4 Å². The second kappa shape index (κ2) is 6.98. The molecule has 2 aromatic rings. The second-order valence-corrected chi connectivity index (χ2v) is 5.53. The number of benzene rings is 1. The number of anilines is 1. The summed E-state index contributed by atoms with van der Waals surface area (Å²) in [6, 6.07) is 7.47. The van der Waals surface area contributed by atoms with Crippen LogP contribution in [0.15, 0.2) is 35.6 Å². The van der Waals surface area contributed by atoms with E-state index in [-0.39, 0.29) is 0 Å². The monoisotopic (exact) mass is 313 g/mol. The van der Waals surface area contributed by atoms with Gasteiger partial charge >= 0.3 is 0 Å². The smallest absolute Gasteiger partial charge is 0.130 e. The Hall–Kier alpha value is -0.970. The average molecular weight is 314 g/mol. The number of nitrogens with one attached hydrogen (secondary N) is 1. The van der Waals surface area contributed by atoms with Gasteiger partial charge in [0, 0.05) is 22.7 Å². The SMILES string of the molecule is CSc1cc(NCCc2ccc(Cl)cc2Cl)ncn1. The van der Waals surface area contributed by atoms with Crippen LogP contribution >= 0.6 is 35.0 Å². The van der Waals surface area contributed by atoms with Gasteiger partial charge in [0.25, 0.3) is 0 Å². The van der Waals surface area contributed by atoms with Crippen LogP contribution in [0.5, 0.6) is 0 Å². The standard InChI is InChI=1S/C13H13Cl2N3S/c1-19-13-7-12(17-8-18-13)16-5-4-9-2-3-10(14)6-11(9)15/h2-3,6-8H,4-5H2,1H3,(H,16,17,18). The Morgan fingerprint density at radius 1 is 1.21 bits per heavy atom. The third-order valence-corrected chi connectivity index (χ3v) is 3.80. The van der Waals surface area contributed by atoms with Crippen molar-refractivity contribution in [1.29, 1.82) is 0 Å². The fourth-order valence-corrected chi connectivity index (χ4v) is 2.48. The van der Waals surface area contributed by atoms with Crippen molar-refractivity contribution in [1.82, 2.24) is 9.97 Å². The molecule has 2 rings (SSSR count). The molecule has 1 aromatic heterocycles. The minimum absolute atomic E-state index is 0.655. The Balaban J connectivity index is 1.92. The molecule has 1 aromatic carbocycles. The first-order chi connectivity index (χ1) is 9.19. The van der Waals surface area contributed by atoms with E-state index >= 15 is 0 Å². The summed E-state index contributed by atoms with van der Waals surface area (Å²) < 4.78 is 0. The van der Waals surface area contributed by atoms with Crippen LogP contribution in [0.4, 0.5) is 5.82 Å². The van der Waals surface area contributed by atoms with Gasteiger partial charge in [-0.15, -0.1) is 11.8 Å². The quantitative estimate of drug-likeness (QED) is 0.664. The molecule has 0 saturated heterocycles. The Kier molecular flexibility index (Phi) is 5.31. The van der Waals surface area contributed by atoms with Crippen molar-refractivity contribution in [2.24, 2.45) is 0 Å². The molecule has 1 N–H and O–H groups in total. The van der Waals surface area contributed by atoms with Gasteiger partial charge in [0.05, 0.1) is 0 Å². The number of hydrogen-bond donors (Lipinski definition) is 1. The molecule has 19 heavy (non-hydrogen) atoms. The Morgan fingerprint density at radius 3 is 2.79 bits per heavy atom. The highest BCUT2D eigenvalue weighted by molar-refractivity contribution is 7.98. The first-order valence-corrected chi connectivity index (χ1v) is 7.71. The second-order valence-electron chi connectivity index (χ2n) is 3.86. The molecule has 6 heteroatoms. The molecule has 0 unspecified atom stereocenters. The molecule has 0 atom stereocenters. The lowest BCUT2D eigenvalue weighted by Gasteiger charge is -2.07. The lowest BCUT2D eigenvalue weighted by molar-refractivity contribution is 0.980. The number of thioether (sulfide) groups is 1. The van der Waals surface area contributed by atoms with Crippen LogP contribution in [-0.2, 0) is 6.42 Å². The molecule has 0 fully saturated rings. The van der Waals surface area contributed by atoms with Crippen LogP contribution < -0.4 is 5.32 Å². The third kappa shape index (κ3) is 4.27. The number of halogens is 2. The summed E-state index contributed by atoms with van der Waals surface area (Å²) in [4.78, 5) is 8.29. The van der Waals surface area contributed by atoms with Crippen molar-refractivity contribution >= 4 is 40.8 Å². The van der Waals surface area contributed by atoms with Crippen molar-refractivity contribution in [2.45, 2.75) is 11.4 Å². The number of hydrogen-bond acceptors (Lipinski definition) is 4. The molecule has 0 aliphatic heterocycles. The summed E-state index contributed by atoms with van der Waals surface area (Å²) in [5.74, 6) is 0.824. The normalized spacial score (nSPS) is 10.5. The van der Waals surface area contributed by atoms with Gasteiger partial charge in [0.1, 0.15) is 17.2 Å². The Bertz CT molecular complexity index is 563. The molecule has 0 radical (unpaired) electrons. The summed E-state index contributed by atoms with van der Waals surface area (Å²) in [7, 11) is 0. The van der Waals surface area contributed by atoms with Crippen LogP contribution in [0.1, 0.15) is 5.56 Å². The fraction of sp³-hybridized carbons (Fsp3) is 0.231. The fourth-order valence-electron chi connectivity index (χ4n) is 1.60. The summed E-state index contributed by atoms with van der Waals surface area (Å²) in [6.45, 7) is 0.756. The Morgan fingerprint density at radius 2 is 2.05 bits per heavy atom. The number of nitrogens with zero attached hydrogens (tertiary/aromatic N) is 2. The topological polar surface area (TPSA) is 37.8 Å². The van der Waals surface area contributed by atoms with Crippen LogP contribution in [-0.4, -0.2) is 22.8 Å². The summed E-state index contributed by atoms with van der Waals surface area (Å²) in [6.07, 6.45) is 4.36. The highest BCUT2D eigenvalue weighted by atomic mass is 35.5. The van der Waals surface area contributed by atoms with E-state index in [9.17, 15) is 0 Å². The first-order valence-electron chi connectivity index (χ1n) is 5.73. The highest BCUT2D eigenvalue weighted by Gasteiger charge is 2.02. The molecule has 0 saturated carbocycles. The van der Waals surface area contributed by atoms with Gasteiger partial charge in [0.15, 0.2) is 0 Å². The molecule has 3 nitrogen and oxygen atoms in total. The molecule has 0 amide bonds. The maximum absolute atomic E-state index is 6.12. The van der Waals surface area contributed by atoms with E-state index < -0.39 is 0 Å². The summed E-state index contributed by atoms with van der Waals surface area (Å²) in [5.41, 5.74) is 1.07.